The second-order valence-corrected chi connectivity index (χ2v) is 2.00. The first-order chi connectivity index (χ1) is 4.70. The molecular weight excluding hydrogens is 130 g/mol. The fraction of sp³-hybridized carbons (Fsp3) is 0.571. The van der Waals surface area contributed by atoms with E-state index in [1.54, 1.807) is 7.11 Å². The van der Waals surface area contributed by atoms with Crippen molar-refractivity contribution in [2.75, 3.05) is 13.7 Å². The van der Waals surface area contributed by atoms with Crippen molar-refractivity contribution in [3.8, 4) is 0 Å². The molecule has 3 nitrogen and oxygen atoms in total. The lowest BCUT2D eigenvalue weighted by atomic mass is 10.4. The van der Waals surface area contributed by atoms with Crippen LogP contribution in [0.25, 0.3) is 0 Å². The number of carbonyl (C=O) groups is 1. The van der Waals surface area contributed by atoms with Gasteiger partial charge in [0.1, 0.15) is 0 Å². The number of rotatable bonds is 4. The minimum Gasteiger partial charge on any atom is -0.380 e. The zero-order chi connectivity index (χ0) is 7.98. The highest BCUT2D eigenvalue weighted by Crippen LogP contribution is 1.82. The summed E-state index contributed by atoms with van der Waals surface area (Å²) in [4.78, 5) is 10.5. The van der Waals surface area contributed by atoms with Crippen molar-refractivity contribution in [2.45, 2.75) is 13.0 Å². The van der Waals surface area contributed by atoms with Crippen LogP contribution in [0.4, 0.5) is 0 Å². The highest BCUT2D eigenvalue weighted by atomic mass is 16.5. The lowest BCUT2D eigenvalue weighted by Gasteiger charge is -2.08. The fourth-order valence-electron chi connectivity index (χ4n) is 0.400. The number of methoxy groups -OCH3 is 1. The zero-order valence-electron chi connectivity index (χ0n) is 6.39. The van der Waals surface area contributed by atoms with Crippen molar-refractivity contribution in [3.05, 3.63) is 12.7 Å². The third kappa shape index (κ3) is 4.09. The first kappa shape index (κ1) is 9.17. The molecule has 1 atom stereocenters. The molecule has 10 heavy (non-hydrogen) atoms. The van der Waals surface area contributed by atoms with Gasteiger partial charge in [0.2, 0.25) is 5.91 Å². The lowest BCUT2D eigenvalue weighted by molar-refractivity contribution is -0.116. The molecule has 0 aromatic rings. The maximum Gasteiger partial charge on any atom is 0.243 e. The largest absolute Gasteiger partial charge is 0.380 e. The van der Waals surface area contributed by atoms with E-state index in [1.807, 2.05) is 6.92 Å². The Morgan fingerprint density at radius 1 is 1.90 bits per heavy atom. The van der Waals surface area contributed by atoms with E-state index in [2.05, 4.69) is 11.9 Å². The van der Waals surface area contributed by atoms with Crippen LogP contribution in [0.1, 0.15) is 6.92 Å². The molecule has 0 aliphatic heterocycles. The van der Waals surface area contributed by atoms with Gasteiger partial charge in [-0.15, -0.1) is 0 Å². The molecular formula is C7H13NO2. The number of carbonyl (C=O) groups excluding carboxylic acids is 1. The highest BCUT2D eigenvalue weighted by Gasteiger charge is 1.99. The van der Waals surface area contributed by atoms with E-state index in [1.165, 1.54) is 6.08 Å². The third-order valence-corrected chi connectivity index (χ3v) is 1.15. The molecule has 58 valence electrons. The van der Waals surface area contributed by atoms with Crippen molar-refractivity contribution in [2.24, 2.45) is 0 Å². The van der Waals surface area contributed by atoms with Gasteiger partial charge < -0.3 is 10.1 Å². The smallest absolute Gasteiger partial charge is 0.243 e. The van der Waals surface area contributed by atoms with Crippen molar-refractivity contribution in [3.63, 3.8) is 0 Å². The van der Waals surface area contributed by atoms with Gasteiger partial charge in [-0.3, -0.25) is 4.79 Å². The van der Waals surface area contributed by atoms with Crippen LogP contribution in [-0.2, 0) is 9.53 Å². The van der Waals surface area contributed by atoms with E-state index >= 15 is 0 Å². The maximum atomic E-state index is 10.5. The Labute approximate surface area is 61.1 Å². The quantitative estimate of drug-likeness (QED) is 0.576. The van der Waals surface area contributed by atoms with Gasteiger partial charge in [-0.05, 0) is 13.0 Å². The summed E-state index contributed by atoms with van der Waals surface area (Å²) in [5.74, 6) is -0.163. The van der Waals surface area contributed by atoms with Gasteiger partial charge in [0.05, 0.1) is 6.10 Å². The summed E-state index contributed by atoms with van der Waals surface area (Å²) in [5, 5.41) is 2.60. The molecule has 0 spiro atoms. The molecule has 0 unspecified atom stereocenters. The minimum atomic E-state index is -0.163. The first-order valence-corrected chi connectivity index (χ1v) is 3.13. The van der Waals surface area contributed by atoms with Gasteiger partial charge in [0, 0.05) is 13.7 Å². The molecule has 1 N–H and O–H groups in total. The van der Waals surface area contributed by atoms with Crippen LogP contribution in [0.15, 0.2) is 12.7 Å². The highest BCUT2D eigenvalue weighted by molar-refractivity contribution is 5.86. The Morgan fingerprint density at radius 3 is 2.90 bits per heavy atom. The Balaban J connectivity index is 3.34. The van der Waals surface area contributed by atoms with Crippen molar-refractivity contribution < 1.29 is 9.53 Å². The Kier molecular flexibility index (Phi) is 4.58. The average molecular weight is 143 g/mol. The molecule has 0 bridgehead atoms. The van der Waals surface area contributed by atoms with Gasteiger partial charge in [-0.25, -0.2) is 0 Å². The molecule has 0 aromatic carbocycles. The Morgan fingerprint density at radius 2 is 2.50 bits per heavy atom. The van der Waals surface area contributed by atoms with E-state index in [0.29, 0.717) is 6.54 Å². The Hall–Kier alpha value is -0.830. The van der Waals surface area contributed by atoms with Gasteiger partial charge in [0.25, 0.3) is 0 Å². The van der Waals surface area contributed by atoms with E-state index in [-0.39, 0.29) is 12.0 Å². The summed E-state index contributed by atoms with van der Waals surface area (Å²) in [6.45, 7) is 5.72. The molecule has 0 aromatic heterocycles. The second-order valence-electron chi connectivity index (χ2n) is 2.00. The Bertz CT molecular complexity index is 123. The minimum absolute atomic E-state index is 0.0592. The van der Waals surface area contributed by atoms with E-state index in [0.717, 1.165) is 0 Å². The number of hydrogen-bond donors (Lipinski definition) is 1. The summed E-state index contributed by atoms with van der Waals surface area (Å²) >= 11 is 0. The standard InChI is InChI=1S/C7H13NO2/c1-4-7(9)8-5-6(2)10-3/h4,6H,1,5H2,2-3H3,(H,8,9)/t6-/m1/s1. The normalized spacial score (nSPS) is 12.2. The van der Waals surface area contributed by atoms with Crippen LogP contribution in [0, 0.1) is 0 Å². The number of ether oxygens (including phenoxy) is 1. The fourth-order valence-corrected chi connectivity index (χ4v) is 0.400. The molecule has 0 aliphatic rings. The van der Waals surface area contributed by atoms with E-state index in [4.69, 9.17) is 4.74 Å². The molecule has 0 aliphatic carbocycles. The maximum absolute atomic E-state index is 10.5. The van der Waals surface area contributed by atoms with Gasteiger partial charge in [0.15, 0.2) is 0 Å². The number of amides is 1. The van der Waals surface area contributed by atoms with Crippen LogP contribution >= 0.6 is 0 Å². The number of nitrogens with one attached hydrogen (secondary N) is 1. The molecule has 0 heterocycles. The van der Waals surface area contributed by atoms with Crippen LogP contribution in [0.2, 0.25) is 0 Å². The summed E-state index contributed by atoms with van der Waals surface area (Å²) in [5.41, 5.74) is 0. The molecule has 0 saturated carbocycles. The predicted octanol–water partition coefficient (Wildman–Crippen LogP) is 0.323. The topological polar surface area (TPSA) is 38.3 Å². The first-order valence-electron chi connectivity index (χ1n) is 3.13. The monoisotopic (exact) mass is 143 g/mol. The lowest BCUT2D eigenvalue weighted by Crippen LogP contribution is -2.29. The van der Waals surface area contributed by atoms with Crippen LogP contribution in [-0.4, -0.2) is 25.7 Å². The van der Waals surface area contributed by atoms with Gasteiger partial charge >= 0.3 is 0 Å². The molecule has 3 heteroatoms. The van der Waals surface area contributed by atoms with Crippen LogP contribution < -0.4 is 5.32 Å². The van der Waals surface area contributed by atoms with Crippen LogP contribution in [0.3, 0.4) is 0 Å². The summed E-state index contributed by atoms with van der Waals surface area (Å²) in [7, 11) is 1.60. The predicted molar refractivity (Wildman–Crippen MR) is 39.7 cm³/mol. The van der Waals surface area contributed by atoms with Crippen molar-refractivity contribution in [1.82, 2.24) is 5.32 Å². The molecule has 0 rings (SSSR count). The van der Waals surface area contributed by atoms with E-state index in [9.17, 15) is 4.79 Å². The third-order valence-electron chi connectivity index (χ3n) is 1.15. The summed E-state index contributed by atoms with van der Waals surface area (Å²) < 4.78 is 4.90. The van der Waals surface area contributed by atoms with Crippen LogP contribution in [0.5, 0.6) is 0 Å². The SMILES string of the molecule is C=CC(=O)NC[C@@H](C)OC. The second kappa shape index (κ2) is 4.99. The molecule has 0 saturated heterocycles. The number of hydrogen-bond acceptors (Lipinski definition) is 2. The average Bonchev–Trinajstić information content (AvgIpc) is 1.99. The van der Waals surface area contributed by atoms with Crippen molar-refractivity contribution in [1.29, 1.82) is 0 Å². The molecule has 1 amide bonds. The van der Waals surface area contributed by atoms with Gasteiger partial charge in [-0.2, -0.15) is 0 Å². The molecule has 0 radical (unpaired) electrons. The summed E-state index contributed by atoms with van der Waals surface area (Å²) in [6, 6.07) is 0. The zero-order valence-corrected chi connectivity index (χ0v) is 6.39. The molecule has 0 fully saturated rings. The van der Waals surface area contributed by atoms with Crippen molar-refractivity contribution >= 4 is 5.91 Å². The van der Waals surface area contributed by atoms with E-state index < -0.39 is 0 Å². The van der Waals surface area contributed by atoms with Gasteiger partial charge in [-0.1, -0.05) is 6.58 Å². The summed E-state index contributed by atoms with van der Waals surface area (Å²) in [6.07, 6.45) is 1.30.